The van der Waals surface area contributed by atoms with Crippen LogP contribution >= 0.6 is 0 Å². The van der Waals surface area contributed by atoms with E-state index >= 15 is 0 Å². The highest BCUT2D eigenvalue weighted by molar-refractivity contribution is 5.69. The van der Waals surface area contributed by atoms with E-state index in [-0.39, 0.29) is 5.97 Å². The SMILES string of the molecule is CCCCCCCCC=CCCCCCCCCCCCC(=O)OCCCCCCCCCCCCCCCCCCCCCCCCCCCCCCCCCCCCCCC(=O)O. The molecule has 386 valence electrons. The number of allylic oxidation sites excluding steroid dienone is 2. The summed E-state index contributed by atoms with van der Waals surface area (Å²) >= 11 is 0. The van der Waals surface area contributed by atoms with Crippen molar-refractivity contribution in [2.75, 3.05) is 6.61 Å². The van der Waals surface area contributed by atoms with Crippen molar-refractivity contribution in [2.24, 2.45) is 0 Å². The quantitative estimate of drug-likeness (QED) is 0.0375. The van der Waals surface area contributed by atoms with Gasteiger partial charge in [0, 0.05) is 12.8 Å². The Hall–Kier alpha value is -1.32. The first-order valence-corrected chi connectivity index (χ1v) is 30.2. The van der Waals surface area contributed by atoms with E-state index in [9.17, 15) is 9.59 Å². The summed E-state index contributed by atoms with van der Waals surface area (Å²) in [5, 5.41) is 8.68. The standard InChI is InChI=1S/C61H118O4/c1-2-3-4-5-6-7-8-9-10-11-30-34-37-40-43-46-49-52-55-58-61(64)65-59-56-53-50-47-44-41-38-35-32-29-27-25-23-21-19-17-15-13-12-14-16-18-20-22-24-26-28-31-33-36-39-42-45-48-51-54-57-60(62)63/h9-10H,2-8,11-59H2,1H3,(H,62,63). The van der Waals surface area contributed by atoms with Crippen molar-refractivity contribution in [1.29, 1.82) is 0 Å². The van der Waals surface area contributed by atoms with Crippen LogP contribution in [-0.4, -0.2) is 23.7 Å². The second-order valence-electron chi connectivity index (χ2n) is 20.8. The highest BCUT2D eigenvalue weighted by Crippen LogP contribution is 2.18. The first-order valence-electron chi connectivity index (χ1n) is 30.2. The van der Waals surface area contributed by atoms with Crippen LogP contribution in [0.5, 0.6) is 0 Å². The van der Waals surface area contributed by atoms with Gasteiger partial charge in [0.25, 0.3) is 0 Å². The number of rotatable bonds is 58. The van der Waals surface area contributed by atoms with E-state index in [0.29, 0.717) is 19.4 Å². The van der Waals surface area contributed by atoms with E-state index in [1.807, 2.05) is 0 Å². The van der Waals surface area contributed by atoms with Crippen LogP contribution in [0.4, 0.5) is 0 Å². The molecule has 0 saturated carbocycles. The molecule has 0 unspecified atom stereocenters. The molecule has 0 fully saturated rings. The monoisotopic (exact) mass is 915 g/mol. The largest absolute Gasteiger partial charge is 0.481 e. The summed E-state index contributed by atoms with van der Waals surface area (Å²) in [5.41, 5.74) is 0. The Morgan fingerprint density at radius 3 is 0.769 bits per heavy atom. The Morgan fingerprint density at radius 1 is 0.292 bits per heavy atom. The van der Waals surface area contributed by atoms with E-state index in [1.54, 1.807) is 0 Å². The lowest BCUT2D eigenvalue weighted by molar-refractivity contribution is -0.144. The molecule has 0 atom stereocenters. The molecule has 0 aromatic heterocycles. The van der Waals surface area contributed by atoms with E-state index in [2.05, 4.69) is 19.1 Å². The fraction of sp³-hybridized carbons (Fsp3) is 0.934. The van der Waals surface area contributed by atoms with Crippen molar-refractivity contribution < 1.29 is 19.4 Å². The molecule has 4 nitrogen and oxygen atoms in total. The molecule has 0 saturated heterocycles. The highest BCUT2D eigenvalue weighted by Gasteiger charge is 2.04. The van der Waals surface area contributed by atoms with Crippen molar-refractivity contribution in [3.8, 4) is 0 Å². The van der Waals surface area contributed by atoms with E-state index in [0.717, 1.165) is 25.7 Å². The van der Waals surface area contributed by atoms with E-state index in [4.69, 9.17) is 9.84 Å². The molecule has 0 aromatic rings. The third-order valence-corrected chi connectivity index (χ3v) is 14.2. The molecular weight excluding hydrogens is 797 g/mol. The number of hydrogen-bond acceptors (Lipinski definition) is 3. The van der Waals surface area contributed by atoms with Gasteiger partial charge in [-0.3, -0.25) is 9.59 Å². The number of carbonyl (C=O) groups is 2. The topological polar surface area (TPSA) is 63.6 Å². The van der Waals surface area contributed by atoms with Gasteiger partial charge >= 0.3 is 11.9 Å². The lowest BCUT2D eigenvalue weighted by atomic mass is 10.0. The zero-order chi connectivity index (χ0) is 46.9. The first kappa shape index (κ1) is 63.7. The smallest absolute Gasteiger partial charge is 0.305 e. The number of carboxylic acid groups (broad SMARTS) is 1. The Morgan fingerprint density at radius 2 is 0.508 bits per heavy atom. The van der Waals surface area contributed by atoms with Crippen LogP contribution in [0.1, 0.15) is 360 Å². The predicted octanol–water partition coefficient (Wildman–Crippen LogP) is 21.6. The molecule has 0 radical (unpaired) electrons. The Kier molecular flexibility index (Phi) is 57.6. The van der Waals surface area contributed by atoms with E-state index < -0.39 is 5.97 Å². The summed E-state index contributed by atoms with van der Waals surface area (Å²) in [7, 11) is 0. The van der Waals surface area contributed by atoms with Crippen molar-refractivity contribution in [1.82, 2.24) is 0 Å². The summed E-state index contributed by atoms with van der Waals surface area (Å²) < 4.78 is 5.51. The fourth-order valence-corrected chi connectivity index (χ4v) is 9.69. The third kappa shape index (κ3) is 60.7. The van der Waals surface area contributed by atoms with E-state index in [1.165, 1.54) is 315 Å². The summed E-state index contributed by atoms with van der Waals surface area (Å²) in [6, 6.07) is 0. The number of aliphatic carboxylic acids is 1. The summed E-state index contributed by atoms with van der Waals surface area (Å²) in [6.45, 7) is 2.91. The van der Waals surface area contributed by atoms with Crippen molar-refractivity contribution in [2.45, 2.75) is 360 Å². The van der Waals surface area contributed by atoms with Crippen LogP contribution in [-0.2, 0) is 14.3 Å². The molecular formula is C61H118O4. The molecule has 4 heteroatoms. The minimum absolute atomic E-state index is 0.0248. The minimum atomic E-state index is -0.650. The molecule has 0 bridgehead atoms. The van der Waals surface area contributed by atoms with Crippen LogP contribution in [0.3, 0.4) is 0 Å². The van der Waals surface area contributed by atoms with Gasteiger partial charge in [0.2, 0.25) is 0 Å². The van der Waals surface area contributed by atoms with Crippen molar-refractivity contribution >= 4 is 11.9 Å². The molecule has 0 aliphatic rings. The van der Waals surface area contributed by atoms with Gasteiger partial charge in [-0.2, -0.15) is 0 Å². The average molecular weight is 916 g/mol. The molecule has 0 spiro atoms. The lowest BCUT2D eigenvalue weighted by Gasteiger charge is -2.06. The number of carbonyl (C=O) groups excluding carboxylic acids is 1. The maximum absolute atomic E-state index is 12.1. The van der Waals surface area contributed by atoms with Gasteiger partial charge in [0.05, 0.1) is 6.61 Å². The maximum atomic E-state index is 12.1. The Balaban J connectivity index is 3.15. The van der Waals surface area contributed by atoms with Crippen LogP contribution < -0.4 is 0 Å². The minimum Gasteiger partial charge on any atom is -0.481 e. The van der Waals surface area contributed by atoms with Crippen molar-refractivity contribution in [3.05, 3.63) is 12.2 Å². The van der Waals surface area contributed by atoms with Gasteiger partial charge < -0.3 is 9.84 Å². The highest BCUT2D eigenvalue weighted by atomic mass is 16.5. The lowest BCUT2D eigenvalue weighted by Crippen LogP contribution is -2.05. The van der Waals surface area contributed by atoms with Gasteiger partial charge in [-0.1, -0.05) is 314 Å². The van der Waals surface area contributed by atoms with Crippen LogP contribution in [0.2, 0.25) is 0 Å². The molecule has 0 aromatic carbocycles. The van der Waals surface area contributed by atoms with Gasteiger partial charge in [-0.15, -0.1) is 0 Å². The number of esters is 1. The van der Waals surface area contributed by atoms with Crippen LogP contribution in [0, 0.1) is 0 Å². The summed E-state index contributed by atoms with van der Waals surface area (Å²) in [5.74, 6) is -0.625. The van der Waals surface area contributed by atoms with Crippen molar-refractivity contribution in [3.63, 3.8) is 0 Å². The van der Waals surface area contributed by atoms with Gasteiger partial charge in [0.15, 0.2) is 0 Å². The Labute approximate surface area is 408 Å². The maximum Gasteiger partial charge on any atom is 0.305 e. The molecule has 0 aliphatic heterocycles. The zero-order valence-corrected chi connectivity index (χ0v) is 44.4. The molecule has 0 rings (SSSR count). The molecule has 1 N–H and O–H groups in total. The third-order valence-electron chi connectivity index (χ3n) is 14.2. The number of ether oxygens (including phenoxy) is 1. The zero-order valence-electron chi connectivity index (χ0n) is 44.4. The Bertz CT molecular complexity index is 929. The molecule has 65 heavy (non-hydrogen) atoms. The molecule has 0 amide bonds. The second-order valence-corrected chi connectivity index (χ2v) is 20.8. The first-order chi connectivity index (χ1) is 32.2. The summed E-state index contributed by atoms with van der Waals surface area (Å²) in [4.78, 5) is 22.6. The predicted molar refractivity (Wildman–Crippen MR) is 287 cm³/mol. The number of unbranched alkanes of at least 4 members (excludes halogenated alkanes) is 50. The number of carboxylic acids is 1. The normalized spacial score (nSPS) is 11.6. The fourth-order valence-electron chi connectivity index (χ4n) is 9.69. The van der Waals surface area contributed by atoms with Gasteiger partial charge in [-0.05, 0) is 44.9 Å². The van der Waals surface area contributed by atoms with Crippen LogP contribution in [0.25, 0.3) is 0 Å². The average Bonchev–Trinajstić information content (AvgIpc) is 3.30. The molecule has 0 aliphatic carbocycles. The number of hydrogen-bond donors (Lipinski definition) is 1. The summed E-state index contributed by atoms with van der Waals surface area (Å²) in [6.07, 6.45) is 77.7. The van der Waals surface area contributed by atoms with Crippen LogP contribution in [0.15, 0.2) is 12.2 Å². The van der Waals surface area contributed by atoms with Gasteiger partial charge in [0.1, 0.15) is 0 Å². The van der Waals surface area contributed by atoms with Gasteiger partial charge in [-0.25, -0.2) is 0 Å². The second kappa shape index (κ2) is 58.8. The molecule has 0 heterocycles.